The van der Waals surface area contributed by atoms with Gasteiger partial charge >= 0.3 is 6.09 Å². The van der Waals surface area contributed by atoms with Crippen LogP contribution in [0.1, 0.15) is 80.0 Å². The summed E-state index contributed by atoms with van der Waals surface area (Å²) in [5.74, 6) is -0.884. The maximum atomic E-state index is 13.2. The number of benzene rings is 3. The first kappa shape index (κ1) is 34.9. The Hall–Kier alpha value is -3.93. The first-order chi connectivity index (χ1) is 21.8. The number of sulfonamides is 1. The van der Waals surface area contributed by atoms with E-state index in [1.165, 1.54) is 18.7 Å². The van der Waals surface area contributed by atoms with Crippen LogP contribution in [0.15, 0.2) is 72.8 Å². The molecule has 0 aromatic heterocycles. The molecule has 0 saturated heterocycles. The highest BCUT2D eigenvalue weighted by molar-refractivity contribution is 7.90. The van der Waals surface area contributed by atoms with Crippen molar-refractivity contribution in [2.24, 2.45) is 0 Å². The van der Waals surface area contributed by atoms with Crippen molar-refractivity contribution in [1.82, 2.24) is 9.62 Å². The summed E-state index contributed by atoms with van der Waals surface area (Å²) < 4.78 is 33.6. The molecule has 4 N–H and O–H groups in total. The number of nitrogens with zero attached hydrogens (tertiary/aromatic N) is 1. The van der Waals surface area contributed by atoms with Gasteiger partial charge in [0.05, 0.1) is 35.7 Å². The lowest BCUT2D eigenvalue weighted by Crippen LogP contribution is -2.35. The summed E-state index contributed by atoms with van der Waals surface area (Å²) in [5.41, 5.74) is 2.11. The van der Waals surface area contributed by atoms with Gasteiger partial charge in [-0.1, -0.05) is 67.1 Å². The van der Waals surface area contributed by atoms with Crippen LogP contribution >= 0.6 is 0 Å². The Balaban J connectivity index is 1.47. The van der Waals surface area contributed by atoms with E-state index in [2.05, 4.69) is 4.72 Å². The number of carbonyl (C=O) groups excluding carboxylic acids is 1. The van der Waals surface area contributed by atoms with Crippen molar-refractivity contribution in [3.8, 4) is 16.9 Å². The number of amides is 2. The molecule has 0 spiro atoms. The number of carbonyl (C=O) groups is 2. The van der Waals surface area contributed by atoms with E-state index in [4.69, 9.17) is 4.74 Å². The molecule has 10 nitrogen and oxygen atoms in total. The first-order valence-corrected chi connectivity index (χ1v) is 17.3. The van der Waals surface area contributed by atoms with E-state index >= 15 is 0 Å². The van der Waals surface area contributed by atoms with Crippen LogP contribution in [0.2, 0.25) is 0 Å². The largest absolute Gasteiger partial charge is 0.490 e. The lowest BCUT2D eigenvalue weighted by molar-refractivity contribution is 0.0769. The molecule has 2 amide bonds. The van der Waals surface area contributed by atoms with Gasteiger partial charge in [-0.15, -0.1) is 0 Å². The Morgan fingerprint density at radius 1 is 0.978 bits per heavy atom. The fourth-order valence-corrected chi connectivity index (χ4v) is 6.63. The van der Waals surface area contributed by atoms with Gasteiger partial charge in [-0.25, -0.2) is 17.9 Å². The Labute approximate surface area is 271 Å². The van der Waals surface area contributed by atoms with Crippen LogP contribution in [0.25, 0.3) is 11.1 Å². The highest BCUT2D eigenvalue weighted by atomic mass is 32.2. The second-order valence-electron chi connectivity index (χ2n) is 12.5. The predicted molar refractivity (Wildman–Crippen MR) is 176 cm³/mol. The van der Waals surface area contributed by atoms with Crippen molar-refractivity contribution in [2.75, 3.05) is 18.8 Å². The van der Waals surface area contributed by atoms with Crippen LogP contribution in [0.3, 0.4) is 0 Å². The van der Waals surface area contributed by atoms with Gasteiger partial charge in [0.15, 0.2) is 0 Å². The third-order valence-electron chi connectivity index (χ3n) is 8.11. The molecular weight excluding hydrogens is 608 g/mol. The zero-order chi connectivity index (χ0) is 33.3. The maximum absolute atomic E-state index is 13.2. The average Bonchev–Trinajstić information content (AvgIpc) is 3.02. The zero-order valence-corrected chi connectivity index (χ0v) is 27.2. The van der Waals surface area contributed by atoms with Gasteiger partial charge in [0.2, 0.25) is 10.0 Å². The third kappa shape index (κ3) is 10.6. The fraction of sp³-hybridized carbons (Fsp3) is 0.429. The molecule has 11 heteroatoms. The number of rotatable bonds is 14. The van der Waals surface area contributed by atoms with Crippen LogP contribution in [0.4, 0.5) is 4.79 Å². The van der Waals surface area contributed by atoms with Gasteiger partial charge < -0.3 is 25.0 Å². The van der Waals surface area contributed by atoms with Crippen molar-refractivity contribution in [3.63, 3.8) is 0 Å². The topological polar surface area (TPSA) is 153 Å². The molecule has 3 aromatic carbocycles. The predicted octanol–water partition coefficient (Wildman–Crippen LogP) is 5.54. The molecular formula is C35H44N2O8S. The summed E-state index contributed by atoms with van der Waals surface area (Å²) in [6.07, 6.45) is 3.16. The normalized spacial score (nSPS) is 14.8. The third-order valence-corrected chi connectivity index (χ3v) is 9.35. The van der Waals surface area contributed by atoms with E-state index in [0.29, 0.717) is 17.7 Å². The Morgan fingerprint density at radius 3 is 2.26 bits per heavy atom. The van der Waals surface area contributed by atoms with E-state index in [1.807, 2.05) is 30.3 Å². The number of hydrogen-bond donors (Lipinski definition) is 4. The highest BCUT2D eigenvalue weighted by Crippen LogP contribution is 2.31. The highest BCUT2D eigenvalue weighted by Gasteiger charge is 2.25. The lowest BCUT2D eigenvalue weighted by Gasteiger charge is -2.24. The van der Waals surface area contributed by atoms with Crippen molar-refractivity contribution in [3.05, 3.63) is 89.5 Å². The van der Waals surface area contributed by atoms with Crippen LogP contribution in [-0.2, 0) is 16.4 Å². The van der Waals surface area contributed by atoms with Crippen LogP contribution < -0.4 is 9.46 Å². The van der Waals surface area contributed by atoms with Crippen molar-refractivity contribution in [2.45, 2.75) is 76.6 Å². The molecule has 1 aliphatic carbocycles. The maximum Gasteiger partial charge on any atom is 0.407 e. The SMILES string of the molecule is CC(C)(O)CCS(=O)(=O)NC(=O)c1ccc(-c2ccc(CCN(C[C@H](O)c3ccccc3)C(=O)O)cc2)cc1OC1CCCCC1. The molecule has 0 bridgehead atoms. The summed E-state index contributed by atoms with van der Waals surface area (Å²) in [5, 5.41) is 30.1. The van der Waals surface area contributed by atoms with Gasteiger partial charge in [-0.3, -0.25) is 4.79 Å². The second-order valence-corrected chi connectivity index (χ2v) is 14.3. The van der Waals surface area contributed by atoms with E-state index in [-0.39, 0.29) is 31.2 Å². The minimum absolute atomic E-state index is 0.0278. The summed E-state index contributed by atoms with van der Waals surface area (Å²) in [4.78, 5) is 26.2. The number of ether oxygens (including phenoxy) is 1. The molecule has 1 aliphatic rings. The molecule has 248 valence electrons. The molecule has 46 heavy (non-hydrogen) atoms. The number of nitrogens with one attached hydrogen (secondary N) is 1. The fourth-order valence-electron chi connectivity index (χ4n) is 5.36. The molecule has 0 radical (unpaired) electrons. The molecule has 1 saturated carbocycles. The number of aliphatic hydroxyl groups excluding tert-OH is 1. The minimum Gasteiger partial charge on any atom is -0.490 e. The van der Waals surface area contributed by atoms with Crippen molar-refractivity contribution < 1.29 is 38.1 Å². The number of aliphatic hydroxyl groups is 2. The Bertz CT molecular complexity index is 1560. The lowest BCUT2D eigenvalue weighted by atomic mass is 9.97. The van der Waals surface area contributed by atoms with Gasteiger partial charge in [0.25, 0.3) is 5.91 Å². The summed E-state index contributed by atoms with van der Waals surface area (Å²) in [6, 6.07) is 21.6. The van der Waals surface area contributed by atoms with Gasteiger partial charge in [-0.05, 0) is 86.8 Å². The van der Waals surface area contributed by atoms with E-state index in [0.717, 1.165) is 48.8 Å². The van der Waals surface area contributed by atoms with Gasteiger partial charge in [0.1, 0.15) is 5.75 Å². The zero-order valence-electron chi connectivity index (χ0n) is 26.4. The number of hydrogen-bond acceptors (Lipinski definition) is 7. The first-order valence-electron chi connectivity index (χ1n) is 15.7. The van der Waals surface area contributed by atoms with Crippen LogP contribution in [0, 0.1) is 0 Å². The van der Waals surface area contributed by atoms with Crippen molar-refractivity contribution in [1.29, 1.82) is 0 Å². The van der Waals surface area contributed by atoms with Crippen molar-refractivity contribution >= 4 is 22.0 Å². The summed E-state index contributed by atoms with van der Waals surface area (Å²) in [7, 11) is -3.99. The molecule has 3 aromatic rings. The second kappa shape index (κ2) is 15.6. The van der Waals surface area contributed by atoms with Crippen LogP contribution in [-0.4, -0.2) is 71.2 Å². The molecule has 1 atom stereocenters. The molecule has 4 rings (SSSR count). The number of carboxylic acid groups (broad SMARTS) is 1. The van der Waals surface area contributed by atoms with Gasteiger partial charge in [0, 0.05) is 6.54 Å². The quantitative estimate of drug-likeness (QED) is 0.177. The molecule has 1 fully saturated rings. The van der Waals surface area contributed by atoms with Crippen LogP contribution in [0.5, 0.6) is 5.75 Å². The molecule has 0 unspecified atom stereocenters. The van der Waals surface area contributed by atoms with E-state index < -0.39 is 39.5 Å². The van der Waals surface area contributed by atoms with E-state index in [1.54, 1.807) is 42.5 Å². The Morgan fingerprint density at radius 2 is 1.63 bits per heavy atom. The standard InChI is InChI=1S/C35H44N2O8S/c1-35(2,42)20-22-46(43,44)36-33(39)30-18-17-28(23-32(30)45-29-11-7-4-8-12-29)26-15-13-25(14-16-26)19-21-37(34(40)41)24-31(38)27-9-5-3-6-10-27/h3,5-6,9-10,13-18,23,29,31,38,42H,4,7-8,11-12,19-22,24H2,1-2H3,(H,36,39)(H,40,41)/t31-/m0/s1. The monoisotopic (exact) mass is 652 g/mol. The molecule has 0 heterocycles. The molecule has 0 aliphatic heterocycles. The van der Waals surface area contributed by atoms with E-state index in [9.17, 15) is 33.3 Å². The summed E-state index contributed by atoms with van der Waals surface area (Å²) in [6.45, 7) is 3.19. The smallest absolute Gasteiger partial charge is 0.407 e. The average molecular weight is 653 g/mol. The Kier molecular flexibility index (Phi) is 11.8. The van der Waals surface area contributed by atoms with Gasteiger partial charge in [-0.2, -0.15) is 0 Å². The summed E-state index contributed by atoms with van der Waals surface area (Å²) >= 11 is 0. The minimum atomic E-state index is -3.99.